The zero-order valence-electron chi connectivity index (χ0n) is 9.69. The second kappa shape index (κ2) is 4.53. The van der Waals surface area contributed by atoms with Crippen LogP contribution in [0.25, 0.3) is 0 Å². The zero-order chi connectivity index (χ0) is 13.4. The Balaban J connectivity index is 3.16. The molecular formula is C10H16F2NO3S+. The molecule has 0 bridgehead atoms. The molecule has 0 aliphatic carbocycles. The lowest BCUT2D eigenvalue weighted by Gasteiger charge is -2.30. The number of hydrogen-bond acceptors (Lipinski definition) is 3. The van der Waals surface area contributed by atoms with Crippen molar-refractivity contribution in [1.29, 1.82) is 0 Å². The number of hydrogen-bond donors (Lipinski definition) is 2. The summed E-state index contributed by atoms with van der Waals surface area (Å²) in [5.41, 5.74) is 0. The highest BCUT2D eigenvalue weighted by Gasteiger charge is 2.64. The van der Waals surface area contributed by atoms with Gasteiger partial charge in [-0.25, -0.2) is 13.6 Å². The molecule has 1 rings (SSSR count). The molecule has 1 aliphatic rings. The fourth-order valence-corrected chi connectivity index (χ4v) is 2.45. The van der Waals surface area contributed by atoms with E-state index in [-0.39, 0.29) is 5.75 Å². The molecule has 1 heterocycles. The summed E-state index contributed by atoms with van der Waals surface area (Å²) in [6.45, 7) is 1.92. The first-order valence-corrected chi connectivity index (χ1v) is 5.95. The zero-order valence-corrected chi connectivity index (χ0v) is 10.6. The predicted octanol–water partition coefficient (Wildman–Crippen LogP) is 2.00. The van der Waals surface area contributed by atoms with Crippen molar-refractivity contribution < 1.29 is 28.0 Å². The molecule has 0 aromatic heterocycles. The summed E-state index contributed by atoms with van der Waals surface area (Å²) in [7, 11) is 0. The predicted molar refractivity (Wildman–Crippen MR) is 60.2 cm³/mol. The minimum Gasteiger partial charge on any atom is -0.435 e. The number of carboxylic acid groups (broad SMARTS) is 1. The lowest BCUT2D eigenvalue weighted by Crippen LogP contribution is -2.61. The van der Waals surface area contributed by atoms with Crippen LogP contribution < -0.4 is 0 Å². The Bertz CT molecular complexity index is 350. The first-order valence-electron chi connectivity index (χ1n) is 5.31. The van der Waals surface area contributed by atoms with Crippen LogP contribution in [0.5, 0.6) is 0 Å². The van der Waals surface area contributed by atoms with Gasteiger partial charge in [0.1, 0.15) is 6.04 Å². The van der Waals surface area contributed by atoms with Gasteiger partial charge >= 0.3 is 17.9 Å². The van der Waals surface area contributed by atoms with E-state index in [0.717, 1.165) is 0 Å². The fourth-order valence-electron chi connectivity index (χ4n) is 2.29. The maximum absolute atomic E-state index is 13.3. The molecule has 0 saturated carbocycles. The SMILES string of the molecule is CC(CS)C(=O)[N+]1(C(=O)O)CC(F)(F)C[C@H]1C. The van der Waals surface area contributed by atoms with Crippen LogP contribution in [0, 0.1) is 5.92 Å². The fraction of sp³-hybridized carbons (Fsp3) is 0.800. The molecule has 0 radical (unpaired) electrons. The maximum Gasteiger partial charge on any atom is 0.521 e. The monoisotopic (exact) mass is 268 g/mol. The van der Waals surface area contributed by atoms with Gasteiger partial charge in [0.25, 0.3) is 0 Å². The molecule has 7 heteroatoms. The van der Waals surface area contributed by atoms with E-state index in [4.69, 9.17) is 0 Å². The van der Waals surface area contributed by atoms with Gasteiger partial charge in [-0.05, 0) is 13.8 Å². The molecule has 2 amide bonds. The largest absolute Gasteiger partial charge is 0.521 e. The Morgan fingerprint density at radius 2 is 2.12 bits per heavy atom. The Morgan fingerprint density at radius 1 is 1.59 bits per heavy atom. The summed E-state index contributed by atoms with van der Waals surface area (Å²) in [6.07, 6.45) is -2.09. The highest BCUT2D eigenvalue weighted by Crippen LogP contribution is 2.39. The number of thiol groups is 1. The van der Waals surface area contributed by atoms with Crippen LogP contribution >= 0.6 is 12.6 Å². The molecule has 1 aliphatic heterocycles. The molecule has 2 unspecified atom stereocenters. The minimum absolute atomic E-state index is 0.143. The lowest BCUT2D eigenvalue weighted by atomic mass is 10.1. The third kappa shape index (κ3) is 2.30. The van der Waals surface area contributed by atoms with E-state index in [1.165, 1.54) is 13.8 Å². The summed E-state index contributed by atoms with van der Waals surface area (Å²) in [6, 6.07) is -0.919. The molecule has 0 aromatic carbocycles. The number of carbonyl (C=O) groups excluding carboxylic acids is 1. The van der Waals surface area contributed by atoms with Gasteiger partial charge in [-0.3, -0.25) is 0 Å². The number of imide groups is 1. The third-order valence-corrected chi connectivity index (χ3v) is 3.80. The van der Waals surface area contributed by atoms with Gasteiger partial charge in [-0.15, -0.1) is 0 Å². The molecule has 0 aromatic rings. The van der Waals surface area contributed by atoms with Gasteiger partial charge in [0, 0.05) is 5.75 Å². The van der Waals surface area contributed by atoms with E-state index in [9.17, 15) is 23.5 Å². The molecule has 1 N–H and O–H groups in total. The van der Waals surface area contributed by atoms with Crippen molar-refractivity contribution in [3.8, 4) is 0 Å². The first kappa shape index (κ1) is 14.4. The van der Waals surface area contributed by atoms with Gasteiger partial charge in [0.05, 0.1) is 12.3 Å². The van der Waals surface area contributed by atoms with Crippen molar-refractivity contribution >= 4 is 24.6 Å². The van der Waals surface area contributed by atoms with E-state index in [0.29, 0.717) is 0 Å². The Hall–Kier alpha value is -0.690. The standard InChI is InChI=1S/C10H15F2NO3S/c1-6(4-17)8(14)13(9(15)16)5-10(11,12)3-7(13)2/h6-7H,3-5H2,1-2H3,(H-,15,16,17)/p+1/t6?,7-,13?/m1/s1. The molecule has 1 fully saturated rings. The molecule has 4 nitrogen and oxygen atoms in total. The van der Waals surface area contributed by atoms with Gasteiger partial charge in [-0.1, -0.05) is 0 Å². The number of halogens is 2. The Kier molecular flexibility index (Phi) is 3.83. The second-order valence-corrected chi connectivity index (χ2v) is 5.01. The summed E-state index contributed by atoms with van der Waals surface area (Å²) >= 11 is 3.91. The van der Waals surface area contributed by atoms with Gasteiger partial charge in [0.2, 0.25) is 0 Å². The average Bonchev–Trinajstić information content (AvgIpc) is 2.47. The number of alkyl halides is 2. The maximum atomic E-state index is 13.3. The number of carbonyl (C=O) groups is 2. The third-order valence-electron chi connectivity index (χ3n) is 3.26. The number of rotatable bonds is 2. The Morgan fingerprint density at radius 3 is 2.41 bits per heavy atom. The van der Waals surface area contributed by atoms with Crippen molar-refractivity contribution in [1.82, 2.24) is 0 Å². The van der Waals surface area contributed by atoms with Crippen LogP contribution in [-0.4, -0.2) is 45.9 Å². The normalized spacial score (nSPS) is 33.4. The second-order valence-electron chi connectivity index (χ2n) is 4.64. The van der Waals surface area contributed by atoms with Crippen LogP contribution in [0.15, 0.2) is 0 Å². The smallest absolute Gasteiger partial charge is 0.435 e. The minimum atomic E-state index is -3.11. The highest BCUT2D eigenvalue weighted by atomic mass is 32.1. The van der Waals surface area contributed by atoms with Crippen LogP contribution in [0.2, 0.25) is 0 Å². The van der Waals surface area contributed by atoms with Crippen LogP contribution in [-0.2, 0) is 4.79 Å². The summed E-state index contributed by atoms with van der Waals surface area (Å²) in [4.78, 5) is 23.3. The van der Waals surface area contributed by atoms with E-state index < -0.39 is 47.3 Å². The van der Waals surface area contributed by atoms with Crippen LogP contribution in [0.3, 0.4) is 0 Å². The summed E-state index contributed by atoms with van der Waals surface area (Å²) in [5.74, 6) is -4.32. The quantitative estimate of drug-likeness (QED) is 0.595. The van der Waals surface area contributed by atoms with Gasteiger partial charge < -0.3 is 5.11 Å². The van der Waals surface area contributed by atoms with Crippen molar-refractivity contribution in [3.05, 3.63) is 0 Å². The van der Waals surface area contributed by atoms with E-state index in [2.05, 4.69) is 12.6 Å². The molecule has 0 spiro atoms. The van der Waals surface area contributed by atoms with Crippen molar-refractivity contribution in [2.45, 2.75) is 32.2 Å². The number of nitrogens with zero attached hydrogens (tertiary/aromatic N) is 1. The number of likely N-dealkylation sites (tertiary alicyclic amines) is 1. The first-order chi connectivity index (χ1) is 7.67. The molecule has 98 valence electrons. The van der Waals surface area contributed by atoms with Gasteiger partial charge in [-0.2, -0.15) is 21.9 Å². The van der Waals surface area contributed by atoms with Crippen molar-refractivity contribution in [2.75, 3.05) is 12.3 Å². The van der Waals surface area contributed by atoms with Crippen molar-refractivity contribution in [2.24, 2.45) is 5.92 Å². The molecule has 17 heavy (non-hydrogen) atoms. The Labute approximate surface area is 104 Å². The number of quaternary nitrogens is 1. The van der Waals surface area contributed by atoms with E-state index >= 15 is 0 Å². The summed E-state index contributed by atoms with van der Waals surface area (Å²) in [5, 5.41) is 9.17. The lowest BCUT2D eigenvalue weighted by molar-refractivity contribution is -0.797. The highest BCUT2D eigenvalue weighted by molar-refractivity contribution is 7.80. The molecule has 3 atom stereocenters. The van der Waals surface area contributed by atoms with Crippen LogP contribution in [0.1, 0.15) is 20.3 Å². The van der Waals surface area contributed by atoms with E-state index in [1.807, 2.05) is 0 Å². The van der Waals surface area contributed by atoms with Crippen molar-refractivity contribution in [3.63, 3.8) is 0 Å². The summed E-state index contributed by atoms with van der Waals surface area (Å²) < 4.78 is 25.5. The number of amides is 2. The topological polar surface area (TPSA) is 54.4 Å². The molecular weight excluding hydrogens is 252 g/mol. The van der Waals surface area contributed by atoms with Gasteiger partial charge in [0.15, 0.2) is 6.54 Å². The average molecular weight is 268 g/mol. The molecule has 1 saturated heterocycles. The van der Waals surface area contributed by atoms with E-state index in [1.54, 1.807) is 0 Å². The van der Waals surface area contributed by atoms with Crippen LogP contribution in [0.4, 0.5) is 13.6 Å².